The molecule has 2 aromatic rings. The van der Waals surface area contributed by atoms with Crippen molar-refractivity contribution in [2.75, 3.05) is 13.1 Å². The molecule has 0 saturated carbocycles. The van der Waals surface area contributed by atoms with Gasteiger partial charge in [-0.05, 0) is 17.5 Å². The van der Waals surface area contributed by atoms with Gasteiger partial charge in [0.05, 0.1) is 6.10 Å². The van der Waals surface area contributed by atoms with E-state index in [1.807, 2.05) is 29.0 Å². The molecule has 0 radical (unpaired) electrons. The Balaban J connectivity index is 1.74. The Bertz CT molecular complexity index is 557. The van der Waals surface area contributed by atoms with Crippen LogP contribution in [0.3, 0.4) is 0 Å². The zero-order valence-electron chi connectivity index (χ0n) is 10.9. The molecule has 0 fully saturated rings. The molecule has 0 bridgehead atoms. The summed E-state index contributed by atoms with van der Waals surface area (Å²) in [5, 5.41) is 17.4. The predicted octanol–water partition coefficient (Wildman–Crippen LogP) is 3.30. The Labute approximate surface area is 127 Å². The number of thiophene rings is 1. The van der Waals surface area contributed by atoms with Crippen LogP contribution < -0.4 is 5.32 Å². The van der Waals surface area contributed by atoms with Gasteiger partial charge in [-0.2, -0.15) is 11.3 Å². The Kier molecular flexibility index (Phi) is 5.73. The molecule has 0 aliphatic rings. The summed E-state index contributed by atoms with van der Waals surface area (Å²) in [4.78, 5) is 11.8. The molecule has 1 unspecified atom stereocenters. The molecular weight excluding hydrogens is 294 g/mol. The van der Waals surface area contributed by atoms with E-state index >= 15 is 0 Å². The summed E-state index contributed by atoms with van der Waals surface area (Å²) in [6.07, 6.45) is -0.244. The molecule has 0 saturated heterocycles. The Morgan fingerprint density at radius 1 is 1.35 bits per heavy atom. The quantitative estimate of drug-likeness (QED) is 0.609. The van der Waals surface area contributed by atoms with Gasteiger partial charge in [-0.1, -0.05) is 29.8 Å². The standard InChI is InChI=1S/C15H16ClNO2S/c16-13-4-2-1-3-12(13)15(19)9-17-7-5-14(18)11-6-8-20-10-11/h1-4,6,8,10,15,17,19H,5,7,9H2. The van der Waals surface area contributed by atoms with Gasteiger partial charge in [0.25, 0.3) is 0 Å². The molecule has 0 aliphatic heterocycles. The van der Waals surface area contributed by atoms with Crippen LogP contribution in [-0.4, -0.2) is 24.0 Å². The predicted molar refractivity (Wildman–Crippen MR) is 82.5 cm³/mol. The number of hydrogen-bond acceptors (Lipinski definition) is 4. The van der Waals surface area contributed by atoms with Crippen LogP contribution in [0.1, 0.15) is 28.4 Å². The van der Waals surface area contributed by atoms with E-state index in [4.69, 9.17) is 11.6 Å². The highest BCUT2D eigenvalue weighted by Crippen LogP contribution is 2.21. The van der Waals surface area contributed by atoms with Gasteiger partial charge in [0.1, 0.15) is 0 Å². The normalized spacial score (nSPS) is 12.3. The topological polar surface area (TPSA) is 49.3 Å². The van der Waals surface area contributed by atoms with Gasteiger partial charge in [0.2, 0.25) is 0 Å². The number of carbonyl (C=O) groups excluding carboxylic acids is 1. The number of nitrogens with one attached hydrogen (secondary N) is 1. The van der Waals surface area contributed by atoms with Crippen LogP contribution in [0.25, 0.3) is 0 Å². The smallest absolute Gasteiger partial charge is 0.164 e. The third-order valence-electron chi connectivity index (χ3n) is 2.97. The van der Waals surface area contributed by atoms with Crippen LogP contribution in [0, 0.1) is 0 Å². The van der Waals surface area contributed by atoms with E-state index in [0.29, 0.717) is 30.1 Å². The highest BCUT2D eigenvalue weighted by Gasteiger charge is 2.11. The number of hydrogen-bond donors (Lipinski definition) is 2. The summed E-state index contributed by atoms with van der Waals surface area (Å²) in [5.74, 6) is 0.117. The molecule has 3 nitrogen and oxygen atoms in total. The summed E-state index contributed by atoms with van der Waals surface area (Å²) in [7, 11) is 0. The fraction of sp³-hybridized carbons (Fsp3) is 0.267. The van der Waals surface area contributed by atoms with Gasteiger partial charge >= 0.3 is 0 Å². The van der Waals surface area contributed by atoms with Crippen molar-refractivity contribution in [2.24, 2.45) is 0 Å². The Morgan fingerprint density at radius 2 is 2.15 bits per heavy atom. The number of aliphatic hydroxyl groups excluding tert-OH is 1. The third-order valence-corrected chi connectivity index (χ3v) is 4.00. The van der Waals surface area contributed by atoms with Gasteiger partial charge in [-0.15, -0.1) is 0 Å². The third kappa shape index (κ3) is 4.15. The zero-order valence-corrected chi connectivity index (χ0v) is 12.5. The summed E-state index contributed by atoms with van der Waals surface area (Å²) in [6.45, 7) is 0.914. The van der Waals surface area contributed by atoms with Crippen LogP contribution in [0.5, 0.6) is 0 Å². The van der Waals surface area contributed by atoms with Crippen LogP contribution in [-0.2, 0) is 0 Å². The minimum absolute atomic E-state index is 0.117. The minimum Gasteiger partial charge on any atom is -0.387 e. The van der Waals surface area contributed by atoms with Crippen molar-refractivity contribution in [2.45, 2.75) is 12.5 Å². The van der Waals surface area contributed by atoms with Crippen LogP contribution in [0.2, 0.25) is 5.02 Å². The average molecular weight is 310 g/mol. The van der Waals surface area contributed by atoms with Crippen molar-refractivity contribution in [3.63, 3.8) is 0 Å². The second-order valence-corrected chi connectivity index (χ2v) is 5.61. The first-order valence-corrected chi connectivity index (χ1v) is 7.69. The number of carbonyl (C=O) groups is 1. The van der Waals surface area contributed by atoms with E-state index in [1.165, 1.54) is 11.3 Å². The summed E-state index contributed by atoms with van der Waals surface area (Å²) < 4.78 is 0. The van der Waals surface area contributed by atoms with E-state index in [1.54, 1.807) is 12.1 Å². The molecule has 0 amide bonds. The largest absolute Gasteiger partial charge is 0.387 e. The Hall–Kier alpha value is -1.20. The first kappa shape index (κ1) is 15.2. The van der Waals surface area contributed by atoms with Crippen molar-refractivity contribution < 1.29 is 9.90 Å². The Morgan fingerprint density at radius 3 is 2.85 bits per heavy atom. The lowest BCUT2D eigenvalue weighted by Crippen LogP contribution is -2.24. The maximum Gasteiger partial charge on any atom is 0.164 e. The second-order valence-electron chi connectivity index (χ2n) is 4.43. The second kappa shape index (κ2) is 7.55. The van der Waals surface area contributed by atoms with Gasteiger partial charge in [0.15, 0.2) is 5.78 Å². The molecule has 0 aliphatic carbocycles. The molecular formula is C15H16ClNO2S. The van der Waals surface area contributed by atoms with Crippen molar-refractivity contribution in [1.29, 1.82) is 0 Å². The molecule has 0 spiro atoms. The van der Waals surface area contributed by atoms with E-state index < -0.39 is 6.10 Å². The molecule has 20 heavy (non-hydrogen) atoms. The fourth-order valence-electron chi connectivity index (χ4n) is 1.86. The molecule has 1 aromatic carbocycles. The summed E-state index contributed by atoms with van der Waals surface area (Å²) >= 11 is 7.52. The number of Topliss-reactive ketones (excluding diaryl/α,β-unsaturated/α-hetero) is 1. The highest BCUT2D eigenvalue weighted by atomic mass is 35.5. The number of halogens is 1. The van der Waals surface area contributed by atoms with Crippen molar-refractivity contribution in [3.05, 3.63) is 57.2 Å². The van der Waals surface area contributed by atoms with Gasteiger partial charge in [0, 0.05) is 41.0 Å². The van der Waals surface area contributed by atoms with Crippen molar-refractivity contribution in [1.82, 2.24) is 5.32 Å². The fourth-order valence-corrected chi connectivity index (χ4v) is 2.79. The van der Waals surface area contributed by atoms with Gasteiger partial charge in [-0.25, -0.2) is 0 Å². The molecule has 2 N–H and O–H groups in total. The van der Waals surface area contributed by atoms with E-state index in [9.17, 15) is 9.90 Å². The van der Waals surface area contributed by atoms with Crippen LogP contribution in [0.15, 0.2) is 41.1 Å². The lowest BCUT2D eigenvalue weighted by Gasteiger charge is -2.13. The summed E-state index contributed by atoms with van der Waals surface area (Å²) in [6, 6.07) is 9.03. The van der Waals surface area contributed by atoms with Crippen molar-refractivity contribution >= 4 is 28.7 Å². The zero-order chi connectivity index (χ0) is 14.4. The monoisotopic (exact) mass is 309 g/mol. The van der Waals surface area contributed by atoms with E-state index in [2.05, 4.69) is 5.32 Å². The van der Waals surface area contributed by atoms with Gasteiger partial charge < -0.3 is 10.4 Å². The van der Waals surface area contributed by atoms with Crippen LogP contribution in [0.4, 0.5) is 0 Å². The van der Waals surface area contributed by atoms with Crippen molar-refractivity contribution in [3.8, 4) is 0 Å². The molecule has 1 aromatic heterocycles. The molecule has 2 rings (SSSR count). The maximum atomic E-state index is 11.8. The lowest BCUT2D eigenvalue weighted by atomic mass is 10.1. The SMILES string of the molecule is O=C(CCNCC(O)c1ccccc1Cl)c1ccsc1. The number of aliphatic hydroxyl groups is 1. The van der Waals surface area contributed by atoms with Crippen LogP contribution >= 0.6 is 22.9 Å². The lowest BCUT2D eigenvalue weighted by molar-refractivity contribution is 0.0980. The average Bonchev–Trinajstić information content (AvgIpc) is 2.98. The number of benzene rings is 1. The summed E-state index contributed by atoms with van der Waals surface area (Å²) in [5.41, 5.74) is 1.45. The first-order chi connectivity index (χ1) is 9.68. The first-order valence-electron chi connectivity index (χ1n) is 6.37. The minimum atomic E-state index is -0.667. The number of rotatable bonds is 7. The molecule has 1 atom stereocenters. The molecule has 1 heterocycles. The molecule has 5 heteroatoms. The van der Waals surface area contributed by atoms with E-state index in [-0.39, 0.29) is 5.78 Å². The van der Waals surface area contributed by atoms with E-state index in [0.717, 1.165) is 5.56 Å². The maximum absolute atomic E-state index is 11.8. The number of ketones is 1. The molecule has 106 valence electrons. The highest BCUT2D eigenvalue weighted by molar-refractivity contribution is 7.08. The van der Waals surface area contributed by atoms with Gasteiger partial charge in [-0.3, -0.25) is 4.79 Å².